The average molecular weight is 302 g/mol. The van der Waals surface area contributed by atoms with E-state index in [4.69, 9.17) is 4.74 Å². The van der Waals surface area contributed by atoms with Crippen molar-refractivity contribution in [2.75, 3.05) is 7.11 Å². The quantitative estimate of drug-likeness (QED) is 0.825. The maximum Gasteiger partial charge on any atom is 0.317 e. The van der Waals surface area contributed by atoms with E-state index in [0.717, 1.165) is 21.8 Å². The van der Waals surface area contributed by atoms with Crippen LogP contribution in [0.25, 0.3) is 0 Å². The monoisotopic (exact) mass is 302 g/mol. The van der Waals surface area contributed by atoms with Crippen LogP contribution in [0.15, 0.2) is 53.4 Å². The van der Waals surface area contributed by atoms with E-state index in [0.29, 0.717) is 6.42 Å². The Morgan fingerprint density at radius 1 is 1.19 bits per heavy atom. The Morgan fingerprint density at radius 3 is 2.48 bits per heavy atom. The van der Waals surface area contributed by atoms with Crippen LogP contribution in [0.2, 0.25) is 0 Å². The molecule has 0 spiro atoms. The predicted octanol–water partition coefficient (Wildman–Crippen LogP) is 3.79. The van der Waals surface area contributed by atoms with Crippen molar-refractivity contribution in [2.45, 2.75) is 23.5 Å². The molecule has 0 radical (unpaired) electrons. The van der Waals surface area contributed by atoms with Crippen molar-refractivity contribution in [2.24, 2.45) is 0 Å². The highest BCUT2D eigenvalue weighted by Crippen LogP contribution is 2.29. The molecule has 0 aliphatic heterocycles. The molecule has 0 aliphatic carbocycles. The van der Waals surface area contributed by atoms with Crippen molar-refractivity contribution in [1.82, 2.24) is 0 Å². The van der Waals surface area contributed by atoms with E-state index >= 15 is 0 Å². The van der Waals surface area contributed by atoms with E-state index < -0.39 is 11.2 Å². The third kappa shape index (κ3) is 4.26. The third-order valence-electron chi connectivity index (χ3n) is 3.17. The fourth-order valence-corrected chi connectivity index (χ4v) is 3.02. The zero-order valence-corrected chi connectivity index (χ0v) is 12.9. The topological polar surface area (TPSA) is 46.5 Å². The Bertz CT molecular complexity index is 608. The van der Waals surface area contributed by atoms with Crippen LogP contribution in [0.5, 0.6) is 5.75 Å². The second kappa shape index (κ2) is 7.18. The summed E-state index contributed by atoms with van der Waals surface area (Å²) in [5, 5.41) is 8.91. The maximum atomic E-state index is 11.5. The Hall–Kier alpha value is -1.94. The summed E-state index contributed by atoms with van der Waals surface area (Å²) in [4.78, 5) is 12.5. The molecule has 0 amide bonds. The normalized spacial score (nSPS) is 11.9. The Morgan fingerprint density at radius 2 is 1.86 bits per heavy atom. The van der Waals surface area contributed by atoms with Gasteiger partial charge in [0.25, 0.3) is 0 Å². The molecular weight excluding hydrogens is 284 g/mol. The van der Waals surface area contributed by atoms with E-state index in [2.05, 4.69) is 0 Å². The number of carboxylic acid groups (broad SMARTS) is 1. The van der Waals surface area contributed by atoms with Crippen LogP contribution in [-0.4, -0.2) is 23.4 Å². The van der Waals surface area contributed by atoms with Crippen LogP contribution < -0.4 is 4.74 Å². The van der Waals surface area contributed by atoms with Crippen molar-refractivity contribution in [1.29, 1.82) is 0 Å². The largest absolute Gasteiger partial charge is 0.496 e. The molecule has 2 aromatic rings. The van der Waals surface area contributed by atoms with Gasteiger partial charge in [0.1, 0.15) is 11.0 Å². The average Bonchev–Trinajstić information content (AvgIpc) is 2.49. The van der Waals surface area contributed by atoms with Crippen LogP contribution >= 0.6 is 11.8 Å². The van der Waals surface area contributed by atoms with Crippen molar-refractivity contribution < 1.29 is 14.6 Å². The fraction of sp³-hybridized carbons (Fsp3) is 0.235. The number of carboxylic acids is 1. The van der Waals surface area contributed by atoms with Crippen molar-refractivity contribution >= 4 is 17.7 Å². The molecule has 0 bridgehead atoms. The van der Waals surface area contributed by atoms with Gasteiger partial charge in [-0.3, -0.25) is 4.79 Å². The van der Waals surface area contributed by atoms with Crippen molar-refractivity contribution in [3.05, 3.63) is 59.7 Å². The summed E-state index contributed by atoms with van der Waals surface area (Å²) in [5.41, 5.74) is 2.07. The number of ether oxygens (including phenoxy) is 1. The molecule has 110 valence electrons. The third-order valence-corrected chi connectivity index (χ3v) is 4.37. The minimum atomic E-state index is -0.813. The maximum absolute atomic E-state index is 11.5. The molecule has 2 aromatic carbocycles. The van der Waals surface area contributed by atoms with Crippen molar-refractivity contribution in [3.8, 4) is 5.75 Å². The molecule has 21 heavy (non-hydrogen) atoms. The van der Waals surface area contributed by atoms with Gasteiger partial charge in [-0.15, -0.1) is 11.8 Å². The van der Waals surface area contributed by atoms with E-state index in [-0.39, 0.29) is 0 Å². The van der Waals surface area contributed by atoms with Crippen LogP contribution in [0.1, 0.15) is 11.1 Å². The van der Waals surface area contributed by atoms with Gasteiger partial charge in [0.15, 0.2) is 0 Å². The molecule has 0 saturated heterocycles. The molecule has 1 N–H and O–H groups in total. The zero-order valence-electron chi connectivity index (χ0n) is 12.1. The van der Waals surface area contributed by atoms with Gasteiger partial charge in [0.05, 0.1) is 7.11 Å². The number of para-hydroxylation sites is 1. The summed E-state index contributed by atoms with van der Waals surface area (Å²) in [7, 11) is 1.60. The van der Waals surface area contributed by atoms with Crippen molar-refractivity contribution in [3.63, 3.8) is 0 Å². The van der Waals surface area contributed by atoms with Gasteiger partial charge in [0.2, 0.25) is 0 Å². The lowest BCUT2D eigenvalue weighted by Gasteiger charge is -2.14. The summed E-state index contributed by atoms with van der Waals surface area (Å²) in [5.74, 6) is -0.0836. The van der Waals surface area contributed by atoms with E-state index in [1.165, 1.54) is 11.8 Å². The molecule has 4 heteroatoms. The standard InChI is InChI=1S/C17H18O3S/c1-12-7-9-14(10-8-12)21-16(17(18)19)11-13-5-3-4-6-15(13)20-2/h3-10,16H,11H2,1-2H3,(H,18,19). The summed E-state index contributed by atoms with van der Waals surface area (Å²) in [6.07, 6.45) is 0.428. The van der Waals surface area contributed by atoms with Gasteiger partial charge in [-0.2, -0.15) is 0 Å². The molecule has 0 aliphatic rings. The van der Waals surface area contributed by atoms with Crippen LogP contribution in [0.4, 0.5) is 0 Å². The predicted molar refractivity (Wildman–Crippen MR) is 85.2 cm³/mol. The van der Waals surface area contributed by atoms with Crippen LogP contribution in [0.3, 0.4) is 0 Å². The van der Waals surface area contributed by atoms with Crippen LogP contribution in [-0.2, 0) is 11.2 Å². The van der Waals surface area contributed by atoms with Gasteiger partial charge in [-0.1, -0.05) is 35.9 Å². The van der Waals surface area contributed by atoms with E-state index in [1.54, 1.807) is 7.11 Å². The van der Waals surface area contributed by atoms with Gasteiger partial charge >= 0.3 is 5.97 Å². The summed E-state index contributed by atoms with van der Waals surface area (Å²) in [6, 6.07) is 15.4. The number of carbonyl (C=O) groups is 1. The molecule has 0 fully saturated rings. The minimum Gasteiger partial charge on any atom is -0.496 e. The molecule has 0 saturated carbocycles. The molecule has 1 atom stereocenters. The lowest BCUT2D eigenvalue weighted by atomic mass is 10.1. The van der Waals surface area contributed by atoms with Crippen LogP contribution in [0, 0.1) is 6.92 Å². The highest BCUT2D eigenvalue weighted by Gasteiger charge is 2.21. The number of rotatable bonds is 6. The van der Waals surface area contributed by atoms with Gasteiger partial charge in [-0.05, 0) is 37.1 Å². The molecular formula is C17H18O3S. The number of benzene rings is 2. The van der Waals surface area contributed by atoms with Gasteiger partial charge in [-0.25, -0.2) is 0 Å². The molecule has 1 unspecified atom stereocenters. The number of aryl methyl sites for hydroxylation is 1. The highest BCUT2D eigenvalue weighted by atomic mass is 32.2. The number of hydrogen-bond donors (Lipinski definition) is 1. The lowest BCUT2D eigenvalue weighted by Crippen LogP contribution is -2.19. The summed E-state index contributed by atoms with van der Waals surface area (Å²) < 4.78 is 5.29. The highest BCUT2D eigenvalue weighted by molar-refractivity contribution is 8.00. The SMILES string of the molecule is COc1ccccc1CC(Sc1ccc(C)cc1)C(=O)O. The number of thioether (sulfide) groups is 1. The Balaban J connectivity index is 2.16. The molecule has 3 nitrogen and oxygen atoms in total. The molecule has 2 rings (SSSR count). The minimum absolute atomic E-state index is 0.428. The summed E-state index contributed by atoms with van der Waals surface area (Å²) in [6.45, 7) is 2.01. The van der Waals surface area contributed by atoms with E-state index in [9.17, 15) is 9.90 Å². The Labute approximate surface area is 129 Å². The first kappa shape index (κ1) is 15.4. The smallest absolute Gasteiger partial charge is 0.317 e. The van der Waals surface area contributed by atoms with Gasteiger partial charge < -0.3 is 9.84 Å². The molecule has 0 aromatic heterocycles. The van der Waals surface area contributed by atoms with Gasteiger partial charge in [0, 0.05) is 4.90 Å². The molecule has 0 heterocycles. The second-order valence-corrected chi connectivity index (χ2v) is 6.05. The van der Waals surface area contributed by atoms with E-state index in [1.807, 2.05) is 55.5 Å². The second-order valence-electron chi connectivity index (χ2n) is 4.77. The Kier molecular flexibility index (Phi) is 5.28. The first-order chi connectivity index (χ1) is 10.1. The zero-order chi connectivity index (χ0) is 15.2. The fourth-order valence-electron chi connectivity index (χ4n) is 2.03. The number of methoxy groups -OCH3 is 1. The first-order valence-corrected chi connectivity index (χ1v) is 7.56. The number of aliphatic carboxylic acids is 1. The number of hydrogen-bond acceptors (Lipinski definition) is 3. The lowest BCUT2D eigenvalue weighted by molar-refractivity contribution is -0.136. The first-order valence-electron chi connectivity index (χ1n) is 6.68. The summed E-state index contributed by atoms with van der Waals surface area (Å²) >= 11 is 1.36.